The van der Waals surface area contributed by atoms with Crippen LogP contribution in [0.5, 0.6) is 0 Å². The lowest BCUT2D eigenvalue weighted by atomic mass is 9.86. The van der Waals surface area contributed by atoms with Crippen LogP contribution < -0.4 is 10.4 Å². The van der Waals surface area contributed by atoms with Crippen molar-refractivity contribution < 1.29 is 14.7 Å². The summed E-state index contributed by atoms with van der Waals surface area (Å²) >= 11 is 6.12. The molecule has 1 aromatic carbocycles. The first kappa shape index (κ1) is 17.8. The Morgan fingerprint density at radius 1 is 1.22 bits per heavy atom. The van der Waals surface area contributed by atoms with Crippen molar-refractivity contribution in [2.45, 2.75) is 57.4 Å². The number of carboxylic acids is 1. The predicted molar refractivity (Wildman–Crippen MR) is 87.8 cm³/mol. The van der Waals surface area contributed by atoms with Gasteiger partial charge in [-0.15, -0.1) is 0 Å². The second-order valence-corrected chi connectivity index (χ2v) is 6.67. The Kier molecular flexibility index (Phi) is 6.90. The van der Waals surface area contributed by atoms with Gasteiger partial charge in [-0.2, -0.15) is 0 Å². The van der Waals surface area contributed by atoms with E-state index >= 15 is 0 Å². The van der Waals surface area contributed by atoms with Crippen molar-refractivity contribution in [1.29, 1.82) is 0 Å². The van der Waals surface area contributed by atoms with Crippen LogP contribution in [0.1, 0.15) is 63.0 Å². The van der Waals surface area contributed by atoms with Gasteiger partial charge in [0, 0.05) is 23.8 Å². The van der Waals surface area contributed by atoms with Gasteiger partial charge in [0.2, 0.25) is 5.91 Å². The Hall–Kier alpha value is -1.55. The molecule has 2 rings (SSSR count). The molecule has 0 aromatic heterocycles. The lowest BCUT2D eigenvalue weighted by Gasteiger charge is -2.23. The maximum absolute atomic E-state index is 12.2. The molecule has 5 heteroatoms. The fourth-order valence-corrected chi connectivity index (χ4v) is 3.51. The lowest BCUT2D eigenvalue weighted by Crippen LogP contribution is -2.34. The van der Waals surface area contributed by atoms with Gasteiger partial charge in [-0.1, -0.05) is 61.9 Å². The van der Waals surface area contributed by atoms with E-state index < -0.39 is 12.0 Å². The highest BCUT2D eigenvalue weighted by atomic mass is 35.5. The Morgan fingerprint density at radius 2 is 1.91 bits per heavy atom. The number of amides is 1. The largest absolute Gasteiger partial charge is 0.550 e. The zero-order valence-corrected chi connectivity index (χ0v) is 14.0. The second-order valence-electron chi connectivity index (χ2n) is 6.26. The topological polar surface area (TPSA) is 69.2 Å². The first-order valence-corrected chi connectivity index (χ1v) is 8.67. The number of benzene rings is 1. The number of hydrogen-bond donors (Lipinski definition) is 1. The Balaban J connectivity index is 1.93. The fraction of sp³-hybridized carbons (Fsp3) is 0.556. The van der Waals surface area contributed by atoms with Gasteiger partial charge in [0.15, 0.2) is 0 Å². The standard InChI is InChI=1S/C18H24ClNO3/c19-15-9-5-4-8-14(15)16(12-18(22)23)20-17(21)11-10-13-6-2-1-3-7-13/h4-5,8-9,13,16H,1-3,6-7,10-12H2,(H,20,21)(H,22,23)/p-1/t16-/m0/s1. The average Bonchev–Trinajstić information content (AvgIpc) is 2.53. The van der Waals surface area contributed by atoms with E-state index in [0.29, 0.717) is 22.9 Å². The summed E-state index contributed by atoms with van der Waals surface area (Å²) in [6, 6.07) is 6.32. The quantitative estimate of drug-likeness (QED) is 0.832. The maximum Gasteiger partial charge on any atom is 0.220 e. The number of nitrogens with one attached hydrogen (secondary N) is 1. The molecular weight excluding hydrogens is 314 g/mol. The van der Waals surface area contributed by atoms with Crippen LogP contribution in [-0.4, -0.2) is 11.9 Å². The number of halogens is 1. The molecule has 0 saturated heterocycles. The van der Waals surface area contributed by atoms with E-state index in [4.69, 9.17) is 11.6 Å². The minimum absolute atomic E-state index is 0.123. The van der Waals surface area contributed by atoms with Crippen molar-refractivity contribution in [3.05, 3.63) is 34.9 Å². The third-order valence-corrected chi connectivity index (χ3v) is 4.84. The average molecular weight is 337 g/mol. The van der Waals surface area contributed by atoms with E-state index in [0.717, 1.165) is 6.42 Å². The van der Waals surface area contributed by atoms with E-state index in [1.807, 2.05) is 0 Å². The summed E-state index contributed by atoms with van der Waals surface area (Å²) in [5.41, 5.74) is 0.615. The summed E-state index contributed by atoms with van der Waals surface area (Å²) < 4.78 is 0. The van der Waals surface area contributed by atoms with Crippen molar-refractivity contribution in [1.82, 2.24) is 5.32 Å². The smallest absolute Gasteiger partial charge is 0.220 e. The first-order chi connectivity index (χ1) is 11.1. The normalized spacial score (nSPS) is 16.7. The summed E-state index contributed by atoms with van der Waals surface area (Å²) in [5, 5.41) is 14.2. The predicted octanol–water partition coefficient (Wildman–Crippen LogP) is 3.00. The number of rotatable bonds is 7. The van der Waals surface area contributed by atoms with Crippen LogP contribution in [0.2, 0.25) is 5.02 Å². The van der Waals surface area contributed by atoms with Crippen LogP contribution in [0.3, 0.4) is 0 Å². The molecule has 0 bridgehead atoms. The van der Waals surface area contributed by atoms with Crippen LogP contribution in [0.25, 0.3) is 0 Å². The Bertz CT molecular complexity index is 541. The summed E-state index contributed by atoms with van der Waals surface area (Å²) in [7, 11) is 0. The Morgan fingerprint density at radius 3 is 2.57 bits per heavy atom. The van der Waals surface area contributed by atoms with Crippen molar-refractivity contribution in [3.63, 3.8) is 0 Å². The second kappa shape index (κ2) is 8.92. The van der Waals surface area contributed by atoms with Gasteiger partial charge in [0.25, 0.3) is 0 Å². The van der Waals surface area contributed by atoms with Gasteiger partial charge >= 0.3 is 0 Å². The molecule has 1 aliphatic rings. The van der Waals surface area contributed by atoms with Gasteiger partial charge in [0.05, 0.1) is 6.04 Å². The van der Waals surface area contributed by atoms with Crippen LogP contribution >= 0.6 is 11.6 Å². The SMILES string of the molecule is O=C([O-])C[C@H](NC(=O)CCC1CCCCC1)c1ccccc1Cl. The minimum atomic E-state index is -1.21. The van der Waals surface area contributed by atoms with Crippen molar-refractivity contribution >= 4 is 23.5 Å². The number of carboxylic acid groups (broad SMARTS) is 1. The van der Waals surface area contributed by atoms with Crippen LogP contribution in [0, 0.1) is 5.92 Å². The molecule has 1 aliphatic carbocycles. The molecule has 1 N–H and O–H groups in total. The third kappa shape index (κ3) is 5.87. The fourth-order valence-electron chi connectivity index (χ4n) is 3.24. The minimum Gasteiger partial charge on any atom is -0.550 e. The van der Waals surface area contributed by atoms with Gasteiger partial charge < -0.3 is 15.2 Å². The van der Waals surface area contributed by atoms with Crippen molar-refractivity contribution in [3.8, 4) is 0 Å². The highest BCUT2D eigenvalue weighted by Gasteiger charge is 2.19. The van der Waals surface area contributed by atoms with E-state index in [-0.39, 0.29) is 12.3 Å². The summed E-state index contributed by atoms with van der Waals surface area (Å²) in [6.07, 6.45) is 7.20. The van der Waals surface area contributed by atoms with Gasteiger partial charge in [0.1, 0.15) is 0 Å². The summed E-state index contributed by atoms with van der Waals surface area (Å²) in [6.45, 7) is 0. The molecule has 126 valence electrons. The van der Waals surface area contributed by atoms with E-state index in [9.17, 15) is 14.7 Å². The molecule has 4 nitrogen and oxygen atoms in total. The van der Waals surface area contributed by atoms with Gasteiger partial charge in [-0.05, 0) is 24.0 Å². The number of hydrogen-bond acceptors (Lipinski definition) is 3. The molecule has 1 amide bonds. The van der Waals surface area contributed by atoms with E-state index in [1.165, 1.54) is 32.1 Å². The molecule has 0 heterocycles. The van der Waals surface area contributed by atoms with Gasteiger partial charge in [-0.25, -0.2) is 0 Å². The molecule has 0 aliphatic heterocycles. The molecule has 0 unspecified atom stereocenters. The van der Waals surface area contributed by atoms with Crippen LogP contribution in [0.4, 0.5) is 0 Å². The molecule has 1 fully saturated rings. The van der Waals surface area contributed by atoms with E-state index in [1.54, 1.807) is 24.3 Å². The third-order valence-electron chi connectivity index (χ3n) is 4.49. The van der Waals surface area contributed by atoms with Crippen molar-refractivity contribution in [2.75, 3.05) is 0 Å². The molecule has 0 spiro atoms. The van der Waals surface area contributed by atoms with E-state index in [2.05, 4.69) is 5.32 Å². The molecule has 1 aromatic rings. The molecular formula is C18H23ClNO3-. The molecule has 0 radical (unpaired) electrons. The zero-order chi connectivity index (χ0) is 16.7. The molecule has 1 saturated carbocycles. The summed E-state index contributed by atoms with van der Waals surface area (Å²) in [4.78, 5) is 23.2. The lowest BCUT2D eigenvalue weighted by molar-refractivity contribution is -0.306. The van der Waals surface area contributed by atoms with Gasteiger partial charge in [-0.3, -0.25) is 4.79 Å². The Labute approximate surface area is 142 Å². The maximum atomic E-state index is 12.2. The molecule has 23 heavy (non-hydrogen) atoms. The number of carbonyl (C=O) groups excluding carboxylic acids is 2. The van der Waals surface area contributed by atoms with Crippen LogP contribution in [0.15, 0.2) is 24.3 Å². The number of carbonyl (C=O) groups is 2. The van der Waals surface area contributed by atoms with Crippen LogP contribution in [-0.2, 0) is 9.59 Å². The van der Waals surface area contributed by atoms with Crippen molar-refractivity contribution in [2.24, 2.45) is 5.92 Å². The highest BCUT2D eigenvalue weighted by molar-refractivity contribution is 6.31. The first-order valence-electron chi connectivity index (χ1n) is 8.30. The molecule has 1 atom stereocenters. The number of aliphatic carboxylic acids is 1. The summed E-state index contributed by atoms with van der Waals surface area (Å²) in [5.74, 6) is -0.710. The highest BCUT2D eigenvalue weighted by Crippen LogP contribution is 2.28. The zero-order valence-electron chi connectivity index (χ0n) is 13.2. The monoisotopic (exact) mass is 336 g/mol.